The highest BCUT2D eigenvalue weighted by molar-refractivity contribution is 4.79. The number of ether oxygens (including phenoxy) is 1. The Bertz CT molecular complexity index is 150. The largest absolute Gasteiger partial charge is 0.390 e. The lowest BCUT2D eigenvalue weighted by Gasteiger charge is -2.34. The van der Waals surface area contributed by atoms with E-state index in [9.17, 15) is 5.11 Å². The molecule has 0 aliphatic rings. The quantitative estimate of drug-likeness (QED) is 0.721. The van der Waals surface area contributed by atoms with Crippen LogP contribution in [-0.4, -0.2) is 22.9 Å². The molecule has 0 aliphatic heterocycles. The minimum absolute atomic E-state index is 0.120. The maximum atomic E-state index is 9.89. The van der Waals surface area contributed by atoms with Gasteiger partial charge in [0.05, 0.1) is 17.8 Å². The molecule has 0 bridgehead atoms. The van der Waals surface area contributed by atoms with Crippen molar-refractivity contribution >= 4 is 0 Å². The second-order valence-electron chi connectivity index (χ2n) is 5.75. The summed E-state index contributed by atoms with van der Waals surface area (Å²) >= 11 is 0. The van der Waals surface area contributed by atoms with Crippen molar-refractivity contribution in [1.82, 2.24) is 0 Å². The standard InChI is InChI=1S/C11H24O2/c1-8(13-11(5,6)7)9(12)10(2,3)4/h8-9,12H,1-7H3. The van der Waals surface area contributed by atoms with Crippen LogP contribution in [0.4, 0.5) is 0 Å². The van der Waals surface area contributed by atoms with Crippen molar-refractivity contribution in [3.05, 3.63) is 0 Å². The first-order chi connectivity index (χ1) is 5.54. The van der Waals surface area contributed by atoms with Gasteiger partial charge in [-0.2, -0.15) is 0 Å². The summed E-state index contributed by atoms with van der Waals surface area (Å²) in [5.74, 6) is 0. The van der Waals surface area contributed by atoms with Gasteiger partial charge >= 0.3 is 0 Å². The topological polar surface area (TPSA) is 29.5 Å². The summed E-state index contributed by atoms with van der Waals surface area (Å²) in [5.41, 5.74) is -0.309. The molecule has 2 heteroatoms. The van der Waals surface area contributed by atoms with Gasteiger partial charge in [0.15, 0.2) is 0 Å². The van der Waals surface area contributed by atoms with Crippen molar-refractivity contribution in [3.63, 3.8) is 0 Å². The number of hydrogen-bond donors (Lipinski definition) is 1. The van der Waals surface area contributed by atoms with E-state index >= 15 is 0 Å². The molecule has 0 aromatic rings. The van der Waals surface area contributed by atoms with E-state index in [1.807, 2.05) is 48.5 Å². The second-order valence-corrected chi connectivity index (χ2v) is 5.75. The van der Waals surface area contributed by atoms with Gasteiger partial charge in [0.25, 0.3) is 0 Å². The Balaban J connectivity index is 4.20. The van der Waals surface area contributed by atoms with Crippen LogP contribution in [0.3, 0.4) is 0 Å². The lowest BCUT2D eigenvalue weighted by Crippen LogP contribution is -2.41. The van der Waals surface area contributed by atoms with E-state index in [0.29, 0.717) is 0 Å². The van der Waals surface area contributed by atoms with E-state index in [4.69, 9.17) is 4.74 Å². The van der Waals surface area contributed by atoms with E-state index in [1.165, 1.54) is 0 Å². The average molecular weight is 188 g/mol. The molecule has 0 aromatic carbocycles. The van der Waals surface area contributed by atoms with Crippen LogP contribution in [-0.2, 0) is 4.74 Å². The third kappa shape index (κ3) is 5.27. The summed E-state index contributed by atoms with van der Waals surface area (Å²) in [6, 6.07) is 0. The molecule has 0 spiro atoms. The molecule has 0 aromatic heterocycles. The number of aliphatic hydroxyl groups excluding tert-OH is 1. The monoisotopic (exact) mass is 188 g/mol. The molecular formula is C11H24O2. The van der Waals surface area contributed by atoms with Crippen LogP contribution in [0.5, 0.6) is 0 Å². The molecule has 13 heavy (non-hydrogen) atoms. The van der Waals surface area contributed by atoms with E-state index in [-0.39, 0.29) is 17.1 Å². The summed E-state index contributed by atoms with van der Waals surface area (Å²) in [6.45, 7) is 14.0. The van der Waals surface area contributed by atoms with Crippen molar-refractivity contribution in [2.75, 3.05) is 0 Å². The van der Waals surface area contributed by atoms with E-state index < -0.39 is 6.10 Å². The van der Waals surface area contributed by atoms with Crippen LogP contribution in [0.1, 0.15) is 48.5 Å². The minimum Gasteiger partial charge on any atom is -0.390 e. The zero-order valence-corrected chi connectivity index (χ0v) is 10.0. The van der Waals surface area contributed by atoms with Crippen LogP contribution >= 0.6 is 0 Å². The fraction of sp³-hybridized carbons (Fsp3) is 1.00. The Kier molecular flexibility index (Phi) is 3.95. The minimum atomic E-state index is -0.424. The molecule has 0 radical (unpaired) electrons. The normalized spacial score (nSPS) is 18.5. The summed E-state index contributed by atoms with van der Waals surface area (Å²) in [5, 5.41) is 9.89. The Morgan fingerprint density at radius 3 is 1.62 bits per heavy atom. The highest BCUT2D eigenvalue weighted by Gasteiger charge is 2.30. The molecule has 1 N–H and O–H groups in total. The van der Waals surface area contributed by atoms with Gasteiger partial charge in [-0.25, -0.2) is 0 Å². The lowest BCUT2D eigenvalue weighted by molar-refractivity contribution is -0.128. The third-order valence-corrected chi connectivity index (χ3v) is 1.87. The van der Waals surface area contributed by atoms with Crippen LogP contribution in [0, 0.1) is 5.41 Å². The Morgan fingerprint density at radius 1 is 1.00 bits per heavy atom. The smallest absolute Gasteiger partial charge is 0.0847 e. The molecule has 0 rings (SSSR count). The summed E-state index contributed by atoms with van der Waals surface area (Å²) < 4.78 is 5.68. The van der Waals surface area contributed by atoms with Crippen molar-refractivity contribution in [2.45, 2.75) is 66.3 Å². The fourth-order valence-electron chi connectivity index (χ4n) is 1.33. The number of hydrogen-bond acceptors (Lipinski definition) is 2. The van der Waals surface area contributed by atoms with Gasteiger partial charge in [-0.05, 0) is 33.1 Å². The highest BCUT2D eigenvalue weighted by Crippen LogP contribution is 2.25. The first-order valence-corrected chi connectivity index (χ1v) is 4.90. The maximum absolute atomic E-state index is 9.89. The highest BCUT2D eigenvalue weighted by atomic mass is 16.5. The fourth-order valence-corrected chi connectivity index (χ4v) is 1.33. The maximum Gasteiger partial charge on any atom is 0.0847 e. The number of rotatable bonds is 2. The molecule has 2 unspecified atom stereocenters. The molecule has 0 aliphatic carbocycles. The predicted molar refractivity (Wildman–Crippen MR) is 55.8 cm³/mol. The van der Waals surface area contributed by atoms with Crippen LogP contribution in [0.25, 0.3) is 0 Å². The molecule has 2 nitrogen and oxygen atoms in total. The van der Waals surface area contributed by atoms with Gasteiger partial charge in [-0.3, -0.25) is 0 Å². The van der Waals surface area contributed by atoms with Crippen molar-refractivity contribution in [3.8, 4) is 0 Å². The van der Waals surface area contributed by atoms with Crippen LogP contribution in [0.2, 0.25) is 0 Å². The van der Waals surface area contributed by atoms with Gasteiger partial charge in [-0.15, -0.1) is 0 Å². The SMILES string of the molecule is CC(OC(C)(C)C)C(O)C(C)(C)C. The molecule has 0 saturated heterocycles. The Morgan fingerprint density at radius 2 is 1.38 bits per heavy atom. The van der Waals surface area contributed by atoms with Crippen molar-refractivity contribution in [1.29, 1.82) is 0 Å². The van der Waals surface area contributed by atoms with Gasteiger partial charge in [0.1, 0.15) is 0 Å². The molecular weight excluding hydrogens is 164 g/mol. The van der Waals surface area contributed by atoms with Crippen molar-refractivity contribution < 1.29 is 9.84 Å². The molecule has 0 amide bonds. The van der Waals surface area contributed by atoms with Crippen LogP contribution in [0.15, 0.2) is 0 Å². The van der Waals surface area contributed by atoms with E-state index in [2.05, 4.69) is 0 Å². The second kappa shape index (κ2) is 3.97. The van der Waals surface area contributed by atoms with Crippen molar-refractivity contribution in [2.24, 2.45) is 5.41 Å². The molecule has 0 fully saturated rings. The first-order valence-electron chi connectivity index (χ1n) is 4.90. The van der Waals surface area contributed by atoms with Gasteiger partial charge < -0.3 is 9.84 Å². The van der Waals surface area contributed by atoms with Gasteiger partial charge in [-0.1, -0.05) is 20.8 Å². The Labute approximate surface area is 82.3 Å². The van der Waals surface area contributed by atoms with Crippen LogP contribution < -0.4 is 0 Å². The summed E-state index contributed by atoms with van der Waals surface area (Å²) in [7, 11) is 0. The lowest BCUT2D eigenvalue weighted by atomic mass is 9.86. The van der Waals surface area contributed by atoms with Gasteiger partial charge in [0.2, 0.25) is 0 Å². The van der Waals surface area contributed by atoms with Gasteiger partial charge in [0, 0.05) is 0 Å². The third-order valence-electron chi connectivity index (χ3n) is 1.87. The predicted octanol–water partition coefficient (Wildman–Crippen LogP) is 2.60. The molecule has 2 atom stereocenters. The summed E-state index contributed by atoms with van der Waals surface area (Å²) in [4.78, 5) is 0. The molecule has 0 saturated carbocycles. The molecule has 80 valence electrons. The van der Waals surface area contributed by atoms with E-state index in [1.54, 1.807) is 0 Å². The van der Waals surface area contributed by atoms with E-state index in [0.717, 1.165) is 0 Å². The Hall–Kier alpha value is -0.0800. The molecule has 0 heterocycles. The summed E-state index contributed by atoms with van der Waals surface area (Å²) in [6.07, 6.45) is -0.549. The average Bonchev–Trinajstić information content (AvgIpc) is 1.79. The first kappa shape index (κ1) is 12.9. The number of aliphatic hydroxyl groups is 1. The zero-order valence-electron chi connectivity index (χ0n) is 10.0. The zero-order chi connectivity index (χ0) is 10.9.